The fourth-order valence-corrected chi connectivity index (χ4v) is 1.07. The fourth-order valence-electron chi connectivity index (χ4n) is 1.00. The van der Waals surface area contributed by atoms with E-state index in [0.29, 0.717) is 12.6 Å². The van der Waals surface area contributed by atoms with Gasteiger partial charge in [0.2, 0.25) is 0 Å². The first-order chi connectivity index (χ1) is 5.61. The molecule has 0 bridgehead atoms. The molecule has 0 rings (SSSR count). The molecule has 0 spiro atoms. The highest BCUT2D eigenvalue weighted by Gasteiger charge is 2.08. The van der Waals surface area contributed by atoms with Crippen LogP contribution in [0.2, 0.25) is 0 Å². The monoisotopic (exact) mass is 191 g/mol. The van der Waals surface area contributed by atoms with Gasteiger partial charge in [0.1, 0.15) is 0 Å². The van der Waals surface area contributed by atoms with Crippen molar-refractivity contribution in [3.8, 4) is 0 Å². The van der Waals surface area contributed by atoms with Crippen LogP contribution in [0.15, 0.2) is 11.1 Å². The molecule has 0 radical (unpaired) electrons. The first-order valence-electron chi connectivity index (χ1n) is 4.22. The van der Waals surface area contributed by atoms with Gasteiger partial charge in [0.25, 0.3) is 0 Å². The summed E-state index contributed by atoms with van der Waals surface area (Å²) in [5.41, 5.74) is 2.71. The predicted molar refractivity (Wildman–Crippen MR) is 53.4 cm³/mol. The molecule has 0 aliphatic heterocycles. The largest absolute Gasteiger partial charge is 0.395 e. The third-order valence-corrected chi connectivity index (χ3v) is 2.13. The Morgan fingerprint density at radius 2 is 2.17 bits per heavy atom. The topological polar surface area (TPSA) is 23.5 Å². The third-order valence-electron chi connectivity index (χ3n) is 1.76. The van der Waals surface area contributed by atoms with Crippen LogP contribution in [0.1, 0.15) is 20.8 Å². The first-order valence-corrected chi connectivity index (χ1v) is 4.66. The second kappa shape index (κ2) is 6.46. The number of hydrogen-bond donors (Lipinski definition) is 1. The van der Waals surface area contributed by atoms with Crippen molar-refractivity contribution >= 4 is 11.6 Å². The van der Waals surface area contributed by atoms with Crippen molar-refractivity contribution < 1.29 is 5.11 Å². The van der Waals surface area contributed by atoms with Gasteiger partial charge in [-0.25, -0.2) is 0 Å². The number of aliphatic hydroxyl groups is 1. The molecule has 0 aromatic heterocycles. The van der Waals surface area contributed by atoms with Crippen molar-refractivity contribution in [2.75, 3.05) is 19.7 Å². The third kappa shape index (κ3) is 4.75. The maximum absolute atomic E-state index is 8.78. The number of aliphatic hydroxyl groups excluding tert-OH is 1. The molecule has 0 saturated carbocycles. The van der Waals surface area contributed by atoms with E-state index in [9.17, 15) is 0 Å². The zero-order valence-electron chi connectivity index (χ0n) is 8.05. The maximum Gasteiger partial charge on any atom is 0.0558 e. The standard InChI is InChI=1S/C9H18ClNO/c1-8(2)11(4-5-12)7-9(3)6-10/h6,8,12H,4-5,7H2,1-3H3. The van der Waals surface area contributed by atoms with E-state index in [-0.39, 0.29) is 6.61 Å². The number of nitrogens with zero attached hydrogens (tertiary/aromatic N) is 1. The van der Waals surface area contributed by atoms with Crippen LogP contribution in [0.3, 0.4) is 0 Å². The first kappa shape index (κ1) is 11.9. The van der Waals surface area contributed by atoms with Crippen LogP contribution in [0.4, 0.5) is 0 Å². The average molecular weight is 192 g/mol. The van der Waals surface area contributed by atoms with Crippen LogP contribution in [0.25, 0.3) is 0 Å². The molecule has 0 aliphatic carbocycles. The van der Waals surface area contributed by atoms with Crippen LogP contribution in [-0.2, 0) is 0 Å². The molecule has 0 aliphatic rings. The highest BCUT2D eigenvalue weighted by molar-refractivity contribution is 6.25. The van der Waals surface area contributed by atoms with Crippen LogP contribution in [0.5, 0.6) is 0 Å². The van der Waals surface area contributed by atoms with Crippen LogP contribution in [0, 0.1) is 0 Å². The summed E-state index contributed by atoms with van der Waals surface area (Å²) in [6.07, 6.45) is 0. The van der Waals surface area contributed by atoms with Crippen molar-refractivity contribution in [1.29, 1.82) is 0 Å². The van der Waals surface area contributed by atoms with Crippen LogP contribution >= 0.6 is 11.6 Å². The quantitative estimate of drug-likeness (QED) is 0.717. The lowest BCUT2D eigenvalue weighted by atomic mass is 10.2. The van der Waals surface area contributed by atoms with Gasteiger partial charge in [0, 0.05) is 24.7 Å². The predicted octanol–water partition coefficient (Wildman–Crippen LogP) is 1.83. The normalized spacial score (nSPS) is 13.1. The second-order valence-corrected chi connectivity index (χ2v) is 3.46. The van der Waals surface area contributed by atoms with Gasteiger partial charge in [-0.1, -0.05) is 11.6 Å². The summed E-state index contributed by atoms with van der Waals surface area (Å²) >= 11 is 5.55. The molecule has 0 fully saturated rings. The Kier molecular flexibility index (Phi) is 6.44. The van der Waals surface area contributed by atoms with E-state index in [1.807, 2.05) is 6.92 Å². The Morgan fingerprint density at radius 3 is 2.50 bits per heavy atom. The number of halogens is 1. The molecule has 0 unspecified atom stereocenters. The Balaban J connectivity index is 3.95. The van der Waals surface area contributed by atoms with Crippen molar-refractivity contribution in [2.24, 2.45) is 0 Å². The van der Waals surface area contributed by atoms with E-state index in [1.165, 1.54) is 0 Å². The van der Waals surface area contributed by atoms with E-state index >= 15 is 0 Å². The molecule has 3 heteroatoms. The Morgan fingerprint density at radius 1 is 1.58 bits per heavy atom. The summed E-state index contributed by atoms with van der Waals surface area (Å²) in [4.78, 5) is 2.17. The van der Waals surface area contributed by atoms with E-state index in [2.05, 4.69) is 18.7 Å². The van der Waals surface area contributed by atoms with Gasteiger partial charge in [0.05, 0.1) is 6.61 Å². The Bertz CT molecular complexity index is 145. The summed E-state index contributed by atoms with van der Waals surface area (Å²) in [7, 11) is 0. The summed E-state index contributed by atoms with van der Waals surface area (Å²) in [6, 6.07) is 0.448. The number of rotatable bonds is 5. The highest BCUT2D eigenvalue weighted by atomic mass is 35.5. The minimum Gasteiger partial charge on any atom is -0.395 e. The smallest absolute Gasteiger partial charge is 0.0558 e. The van der Waals surface area contributed by atoms with Crippen LogP contribution in [-0.4, -0.2) is 35.7 Å². The van der Waals surface area contributed by atoms with Gasteiger partial charge in [-0.05, 0) is 26.3 Å². The summed E-state index contributed by atoms with van der Waals surface area (Å²) in [5.74, 6) is 0. The Labute approximate surface area is 79.8 Å². The van der Waals surface area contributed by atoms with Gasteiger partial charge in [-0.3, -0.25) is 4.90 Å². The Hall–Kier alpha value is -0.0500. The molecule has 0 aromatic rings. The van der Waals surface area contributed by atoms with Gasteiger partial charge in [-0.15, -0.1) is 0 Å². The summed E-state index contributed by atoms with van der Waals surface area (Å²) in [5, 5.41) is 8.78. The summed E-state index contributed by atoms with van der Waals surface area (Å²) in [6.45, 7) is 7.95. The lowest BCUT2D eigenvalue weighted by molar-refractivity contribution is 0.177. The minimum atomic E-state index is 0.202. The molecule has 0 heterocycles. The van der Waals surface area contributed by atoms with E-state index in [0.717, 1.165) is 12.1 Å². The van der Waals surface area contributed by atoms with Crippen molar-refractivity contribution in [3.63, 3.8) is 0 Å². The molecule has 2 nitrogen and oxygen atoms in total. The molecule has 12 heavy (non-hydrogen) atoms. The van der Waals surface area contributed by atoms with Crippen molar-refractivity contribution in [3.05, 3.63) is 11.1 Å². The van der Waals surface area contributed by atoms with Gasteiger partial charge in [-0.2, -0.15) is 0 Å². The van der Waals surface area contributed by atoms with Crippen LogP contribution < -0.4 is 0 Å². The lowest BCUT2D eigenvalue weighted by Gasteiger charge is -2.25. The molecular formula is C9H18ClNO. The van der Waals surface area contributed by atoms with E-state index in [1.54, 1.807) is 5.54 Å². The SMILES string of the molecule is CC(=CCl)CN(CCO)C(C)C. The van der Waals surface area contributed by atoms with Crippen molar-refractivity contribution in [2.45, 2.75) is 26.8 Å². The number of hydrogen-bond acceptors (Lipinski definition) is 2. The average Bonchev–Trinajstić information content (AvgIpc) is 2.03. The van der Waals surface area contributed by atoms with E-state index in [4.69, 9.17) is 16.7 Å². The summed E-state index contributed by atoms with van der Waals surface area (Å²) < 4.78 is 0. The zero-order valence-corrected chi connectivity index (χ0v) is 8.80. The molecule has 0 amide bonds. The fraction of sp³-hybridized carbons (Fsp3) is 0.778. The molecule has 0 aromatic carbocycles. The second-order valence-electron chi connectivity index (χ2n) is 3.24. The highest BCUT2D eigenvalue weighted by Crippen LogP contribution is 2.03. The van der Waals surface area contributed by atoms with E-state index < -0.39 is 0 Å². The minimum absolute atomic E-state index is 0.202. The molecule has 72 valence electrons. The molecule has 0 saturated heterocycles. The van der Waals surface area contributed by atoms with Gasteiger partial charge >= 0.3 is 0 Å². The van der Waals surface area contributed by atoms with Crippen molar-refractivity contribution in [1.82, 2.24) is 4.90 Å². The van der Waals surface area contributed by atoms with Gasteiger partial charge in [0.15, 0.2) is 0 Å². The lowest BCUT2D eigenvalue weighted by Crippen LogP contribution is -2.34. The zero-order chi connectivity index (χ0) is 9.56. The molecular weight excluding hydrogens is 174 g/mol. The van der Waals surface area contributed by atoms with Gasteiger partial charge < -0.3 is 5.11 Å². The molecule has 0 atom stereocenters. The molecule has 1 N–H and O–H groups in total. The maximum atomic E-state index is 8.78.